The molecule has 0 aliphatic heterocycles. The highest BCUT2D eigenvalue weighted by Gasteiger charge is 2.61. The van der Waals surface area contributed by atoms with Gasteiger partial charge in [-0.2, -0.15) is 5.10 Å². The van der Waals surface area contributed by atoms with E-state index in [1.807, 2.05) is 19.9 Å². The van der Waals surface area contributed by atoms with Crippen molar-refractivity contribution in [1.29, 1.82) is 0 Å². The Kier molecular flexibility index (Phi) is 4.24. The van der Waals surface area contributed by atoms with Gasteiger partial charge in [-0.05, 0) is 36.8 Å². The van der Waals surface area contributed by atoms with Gasteiger partial charge in [0.1, 0.15) is 0 Å². The van der Waals surface area contributed by atoms with Crippen LogP contribution in [-0.4, -0.2) is 22.6 Å². The molecule has 2 aromatic rings. The number of hydrogen-bond acceptors (Lipinski definition) is 2. The average molecular weight is 325 g/mol. The number of benzene rings is 1. The second-order valence-electron chi connectivity index (χ2n) is 7.71. The molecule has 0 bridgehead atoms. The molecule has 0 radical (unpaired) electrons. The number of hydrogen-bond donors (Lipinski definition) is 2. The summed E-state index contributed by atoms with van der Waals surface area (Å²) in [7, 11) is 0. The minimum atomic E-state index is 0.0722. The van der Waals surface area contributed by atoms with Gasteiger partial charge < -0.3 is 5.32 Å². The van der Waals surface area contributed by atoms with Gasteiger partial charge in [0.25, 0.3) is 0 Å². The molecule has 1 aromatic carbocycles. The number of aryl methyl sites for hydroxylation is 2. The molecule has 1 aliphatic carbocycles. The summed E-state index contributed by atoms with van der Waals surface area (Å²) in [4.78, 5) is 12.3. The van der Waals surface area contributed by atoms with Crippen molar-refractivity contribution >= 4 is 5.91 Å². The lowest BCUT2D eigenvalue weighted by molar-refractivity contribution is -0.121. The van der Waals surface area contributed by atoms with Crippen LogP contribution in [0.15, 0.2) is 30.3 Å². The fourth-order valence-electron chi connectivity index (χ4n) is 3.71. The van der Waals surface area contributed by atoms with Crippen molar-refractivity contribution in [3.63, 3.8) is 0 Å². The van der Waals surface area contributed by atoms with Crippen LogP contribution in [-0.2, 0) is 16.6 Å². The van der Waals surface area contributed by atoms with Crippen molar-refractivity contribution in [2.75, 3.05) is 6.54 Å². The quantitative estimate of drug-likeness (QED) is 0.855. The third-order valence-corrected chi connectivity index (χ3v) is 5.77. The van der Waals surface area contributed by atoms with Crippen molar-refractivity contribution in [2.45, 2.75) is 52.4 Å². The molecule has 1 aromatic heterocycles. The Morgan fingerprint density at radius 1 is 1.25 bits per heavy atom. The number of carbonyl (C=O) groups excluding carboxylic acids is 1. The van der Waals surface area contributed by atoms with Gasteiger partial charge in [-0.15, -0.1) is 0 Å². The Bertz CT molecular complexity index is 733. The van der Waals surface area contributed by atoms with Gasteiger partial charge in [0.05, 0.1) is 5.69 Å². The minimum absolute atomic E-state index is 0.0722. The molecule has 1 aliphatic rings. The Morgan fingerprint density at radius 2 is 1.92 bits per heavy atom. The van der Waals surface area contributed by atoms with Gasteiger partial charge in [0, 0.05) is 30.5 Å². The second kappa shape index (κ2) is 6.08. The summed E-state index contributed by atoms with van der Waals surface area (Å²) >= 11 is 0. The molecule has 24 heavy (non-hydrogen) atoms. The zero-order valence-electron chi connectivity index (χ0n) is 15.1. The van der Waals surface area contributed by atoms with Crippen LogP contribution >= 0.6 is 0 Å². The molecule has 4 nitrogen and oxygen atoms in total. The third-order valence-electron chi connectivity index (χ3n) is 5.77. The lowest BCUT2D eigenvalue weighted by Gasteiger charge is -2.22. The summed E-state index contributed by atoms with van der Waals surface area (Å²) in [5.74, 6) is 0.105. The molecule has 0 spiro atoms. The molecule has 1 fully saturated rings. The number of aromatic nitrogens is 2. The van der Waals surface area contributed by atoms with E-state index in [-0.39, 0.29) is 16.7 Å². The third kappa shape index (κ3) is 2.97. The molecular weight excluding hydrogens is 298 g/mol. The number of amides is 1. The van der Waals surface area contributed by atoms with E-state index in [4.69, 9.17) is 0 Å². The number of carbonyl (C=O) groups is 1. The van der Waals surface area contributed by atoms with Crippen LogP contribution in [0.4, 0.5) is 0 Å². The summed E-state index contributed by atoms with van der Waals surface area (Å²) in [6.45, 7) is 9.32. The lowest BCUT2D eigenvalue weighted by atomic mass is 9.88. The van der Waals surface area contributed by atoms with E-state index < -0.39 is 0 Å². The number of rotatable bonds is 6. The van der Waals surface area contributed by atoms with Gasteiger partial charge in [-0.25, -0.2) is 0 Å². The Morgan fingerprint density at radius 3 is 2.46 bits per heavy atom. The van der Waals surface area contributed by atoms with Crippen LogP contribution in [0.3, 0.4) is 0 Å². The van der Waals surface area contributed by atoms with Crippen molar-refractivity contribution in [3.05, 3.63) is 52.8 Å². The Balaban J connectivity index is 1.58. The van der Waals surface area contributed by atoms with E-state index in [9.17, 15) is 4.79 Å². The molecule has 0 saturated heterocycles. The normalized spacial score (nSPS) is 21.5. The van der Waals surface area contributed by atoms with Gasteiger partial charge in [0.15, 0.2) is 0 Å². The van der Waals surface area contributed by atoms with Crippen LogP contribution in [0.1, 0.15) is 49.2 Å². The molecule has 128 valence electrons. The zero-order valence-corrected chi connectivity index (χ0v) is 15.1. The standard InChI is InChI=1S/C20H27N3O/c1-14-15(2)22-23-17(14)10-11-18(24)21-13-20(12-19(20,3)4)16-8-6-5-7-9-16/h5-9H,10-13H2,1-4H3,(H,21,24)(H,22,23). The molecule has 1 saturated carbocycles. The monoisotopic (exact) mass is 325 g/mol. The highest BCUT2D eigenvalue weighted by Crippen LogP contribution is 2.63. The first-order valence-electron chi connectivity index (χ1n) is 8.68. The molecular formula is C20H27N3O. The fraction of sp³-hybridized carbons (Fsp3) is 0.500. The van der Waals surface area contributed by atoms with Gasteiger partial charge >= 0.3 is 0 Å². The highest BCUT2D eigenvalue weighted by atomic mass is 16.1. The summed E-state index contributed by atoms with van der Waals surface area (Å²) < 4.78 is 0. The van der Waals surface area contributed by atoms with Gasteiger partial charge in [-0.1, -0.05) is 44.2 Å². The predicted molar refractivity (Wildman–Crippen MR) is 95.9 cm³/mol. The number of nitrogens with one attached hydrogen (secondary N) is 2. The maximum atomic E-state index is 12.3. The van der Waals surface area contributed by atoms with E-state index in [0.717, 1.165) is 23.4 Å². The van der Waals surface area contributed by atoms with Crippen LogP contribution < -0.4 is 5.32 Å². The molecule has 2 N–H and O–H groups in total. The van der Waals surface area contributed by atoms with Crippen LogP contribution in [0, 0.1) is 19.3 Å². The Labute approximate surface area is 144 Å². The van der Waals surface area contributed by atoms with Crippen molar-refractivity contribution < 1.29 is 4.79 Å². The van der Waals surface area contributed by atoms with Crippen molar-refractivity contribution in [2.24, 2.45) is 5.41 Å². The topological polar surface area (TPSA) is 57.8 Å². The smallest absolute Gasteiger partial charge is 0.220 e. The maximum absolute atomic E-state index is 12.3. The largest absolute Gasteiger partial charge is 0.355 e. The SMILES string of the molecule is Cc1[nH]nc(CCC(=O)NCC2(c3ccccc3)CC2(C)C)c1C. The molecule has 1 amide bonds. The van der Waals surface area contributed by atoms with E-state index in [0.29, 0.717) is 19.4 Å². The second-order valence-corrected chi connectivity index (χ2v) is 7.71. The zero-order chi connectivity index (χ0) is 17.4. The molecule has 4 heteroatoms. The molecule has 1 heterocycles. The predicted octanol–water partition coefficient (Wildman–Crippen LogP) is 3.44. The van der Waals surface area contributed by atoms with Crippen LogP contribution in [0.5, 0.6) is 0 Å². The molecule has 1 atom stereocenters. The van der Waals surface area contributed by atoms with E-state index in [1.165, 1.54) is 5.56 Å². The number of H-pyrrole nitrogens is 1. The first kappa shape index (κ1) is 16.7. The minimum Gasteiger partial charge on any atom is -0.355 e. The lowest BCUT2D eigenvalue weighted by Crippen LogP contribution is -2.34. The van der Waals surface area contributed by atoms with Crippen molar-refractivity contribution in [1.82, 2.24) is 15.5 Å². The summed E-state index contributed by atoms with van der Waals surface area (Å²) in [6, 6.07) is 10.6. The first-order chi connectivity index (χ1) is 11.4. The first-order valence-corrected chi connectivity index (χ1v) is 8.68. The summed E-state index contributed by atoms with van der Waals surface area (Å²) in [6.07, 6.45) is 2.28. The van der Waals surface area contributed by atoms with Crippen molar-refractivity contribution in [3.8, 4) is 0 Å². The average Bonchev–Trinajstić information content (AvgIpc) is 3.00. The number of nitrogens with zero attached hydrogens (tertiary/aromatic N) is 1. The van der Waals surface area contributed by atoms with E-state index in [1.54, 1.807) is 0 Å². The number of aromatic amines is 1. The van der Waals surface area contributed by atoms with E-state index in [2.05, 4.69) is 53.6 Å². The van der Waals surface area contributed by atoms with Gasteiger partial charge in [-0.3, -0.25) is 9.89 Å². The summed E-state index contributed by atoms with van der Waals surface area (Å²) in [5, 5.41) is 10.4. The molecule has 3 rings (SSSR count). The van der Waals surface area contributed by atoms with Crippen LogP contribution in [0.25, 0.3) is 0 Å². The fourth-order valence-corrected chi connectivity index (χ4v) is 3.71. The van der Waals surface area contributed by atoms with E-state index >= 15 is 0 Å². The molecule has 1 unspecified atom stereocenters. The maximum Gasteiger partial charge on any atom is 0.220 e. The Hall–Kier alpha value is -2.10. The highest BCUT2D eigenvalue weighted by molar-refractivity contribution is 5.76. The van der Waals surface area contributed by atoms with Crippen LogP contribution in [0.2, 0.25) is 0 Å². The summed E-state index contributed by atoms with van der Waals surface area (Å²) in [5.41, 5.74) is 4.86. The van der Waals surface area contributed by atoms with Gasteiger partial charge in [0.2, 0.25) is 5.91 Å².